The first-order valence-corrected chi connectivity index (χ1v) is 6.87. The minimum Gasteiger partial charge on any atom is -0.309 e. The fourth-order valence-electron chi connectivity index (χ4n) is 1.82. The van der Waals surface area contributed by atoms with Crippen LogP contribution in [0.3, 0.4) is 0 Å². The number of nitrogens with one attached hydrogen (secondary N) is 1. The molecular formula is C13H13Cl2NS. The van der Waals surface area contributed by atoms with Crippen molar-refractivity contribution in [3.05, 3.63) is 55.7 Å². The highest BCUT2D eigenvalue weighted by Crippen LogP contribution is 2.31. The van der Waals surface area contributed by atoms with Crippen molar-refractivity contribution in [3.63, 3.8) is 0 Å². The number of hydrogen-bond acceptors (Lipinski definition) is 2. The van der Waals surface area contributed by atoms with Crippen molar-refractivity contribution in [2.24, 2.45) is 0 Å². The molecule has 1 atom stereocenters. The van der Waals surface area contributed by atoms with Crippen molar-refractivity contribution in [2.45, 2.75) is 13.0 Å². The number of rotatable bonds is 3. The van der Waals surface area contributed by atoms with Crippen molar-refractivity contribution in [2.75, 3.05) is 7.05 Å². The summed E-state index contributed by atoms with van der Waals surface area (Å²) in [5.74, 6) is 0. The highest BCUT2D eigenvalue weighted by molar-refractivity contribution is 7.12. The van der Waals surface area contributed by atoms with Crippen LogP contribution in [-0.4, -0.2) is 7.05 Å². The minimum atomic E-state index is 0.143. The molecule has 0 saturated carbocycles. The molecule has 0 bridgehead atoms. The quantitative estimate of drug-likeness (QED) is 0.864. The molecule has 0 amide bonds. The Balaban J connectivity index is 2.41. The minimum absolute atomic E-state index is 0.143. The predicted molar refractivity (Wildman–Crippen MR) is 76.4 cm³/mol. The molecule has 17 heavy (non-hydrogen) atoms. The highest BCUT2D eigenvalue weighted by Gasteiger charge is 2.14. The Morgan fingerprint density at radius 1 is 1.12 bits per heavy atom. The average Bonchev–Trinajstić information content (AvgIpc) is 2.64. The van der Waals surface area contributed by atoms with Crippen molar-refractivity contribution >= 4 is 34.5 Å². The van der Waals surface area contributed by atoms with E-state index >= 15 is 0 Å². The maximum Gasteiger partial charge on any atom is 0.0669 e. The standard InChI is InChI=1S/C13H13Cl2NS/c1-8-3-4-12(17-8)13(16-2)9-5-10(14)7-11(15)6-9/h3-7,13,16H,1-2H3. The zero-order valence-electron chi connectivity index (χ0n) is 9.63. The zero-order chi connectivity index (χ0) is 12.4. The second-order valence-electron chi connectivity index (χ2n) is 3.87. The molecule has 1 aromatic heterocycles. The molecule has 0 aliphatic carbocycles. The molecule has 90 valence electrons. The molecule has 1 nitrogen and oxygen atoms in total. The first-order valence-electron chi connectivity index (χ1n) is 5.29. The third-order valence-corrected chi connectivity index (χ3v) is 4.05. The van der Waals surface area contributed by atoms with Gasteiger partial charge in [-0.15, -0.1) is 11.3 Å². The van der Waals surface area contributed by atoms with Crippen molar-refractivity contribution < 1.29 is 0 Å². The van der Waals surface area contributed by atoms with Crippen LogP contribution in [-0.2, 0) is 0 Å². The second kappa shape index (κ2) is 5.40. The Hall–Kier alpha value is -0.540. The summed E-state index contributed by atoms with van der Waals surface area (Å²) in [6.45, 7) is 2.10. The molecule has 2 rings (SSSR count). The summed E-state index contributed by atoms with van der Waals surface area (Å²) in [6.07, 6.45) is 0. The van der Waals surface area contributed by atoms with E-state index in [1.165, 1.54) is 9.75 Å². The summed E-state index contributed by atoms with van der Waals surface area (Å²) < 4.78 is 0. The molecule has 0 fully saturated rings. The van der Waals surface area contributed by atoms with E-state index in [9.17, 15) is 0 Å². The summed E-state index contributed by atoms with van der Waals surface area (Å²) in [7, 11) is 1.94. The second-order valence-corrected chi connectivity index (χ2v) is 6.07. The third-order valence-electron chi connectivity index (χ3n) is 2.55. The molecule has 4 heteroatoms. The molecule has 0 saturated heterocycles. The van der Waals surface area contributed by atoms with Gasteiger partial charge in [-0.05, 0) is 49.9 Å². The van der Waals surface area contributed by atoms with Gasteiger partial charge in [-0.3, -0.25) is 0 Å². The Labute approximate surface area is 115 Å². The van der Waals surface area contributed by atoms with E-state index < -0.39 is 0 Å². The molecule has 2 aromatic rings. The maximum atomic E-state index is 6.04. The average molecular weight is 286 g/mol. The number of halogens is 2. The van der Waals surface area contributed by atoms with Crippen LogP contribution in [0.15, 0.2) is 30.3 Å². The Bertz CT molecular complexity index is 502. The summed E-state index contributed by atoms with van der Waals surface area (Å²) >= 11 is 13.8. The van der Waals surface area contributed by atoms with Crippen LogP contribution in [0.1, 0.15) is 21.4 Å². The van der Waals surface area contributed by atoms with Gasteiger partial charge in [0.15, 0.2) is 0 Å². The van der Waals surface area contributed by atoms with Crippen LogP contribution in [0, 0.1) is 6.92 Å². The fraction of sp³-hybridized carbons (Fsp3) is 0.231. The molecule has 1 aromatic carbocycles. The van der Waals surface area contributed by atoms with E-state index in [2.05, 4.69) is 24.4 Å². The van der Waals surface area contributed by atoms with E-state index in [4.69, 9.17) is 23.2 Å². The molecular weight excluding hydrogens is 273 g/mol. The van der Waals surface area contributed by atoms with Crippen LogP contribution in [0.2, 0.25) is 10.0 Å². The number of hydrogen-bond donors (Lipinski definition) is 1. The molecule has 0 spiro atoms. The van der Waals surface area contributed by atoms with Gasteiger partial charge in [-0.1, -0.05) is 23.2 Å². The lowest BCUT2D eigenvalue weighted by Gasteiger charge is -2.15. The molecule has 0 aliphatic rings. The number of benzene rings is 1. The maximum absolute atomic E-state index is 6.04. The normalized spacial score (nSPS) is 12.7. The van der Waals surface area contributed by atoms with Gasteiger partial charge in [-0.2, -0.15) is 0 Å². The Morgan fingerprint density at radius 3 is 2.24 bits per heavy atom. The Morgan fingerprint density at radius 2 is 1.76 bits per heavy atom. The van der Waals surface area contributed by atoms with Crippen LogP contribution >= 0.6 is 34.5 Å². The molecule has 1 unspecified atom stereocenters. The zero-order valence-corrected chi connectivity index (χ0v) is 12.0. The fourth-order valence-corrected chi connectivity index (χ4v) is 3.38. The van der Waals surface area contributed by atoms with Crippen LogP contribution in [0.25, 0.3) is 0 Å². The first-order chi connectivity index (χ1) is 8.10. The number of aryl methyl sites for hydroxylation is 1. The van der Waals surface area contributed by atoms with Gasteiger partial charge in [0, 0.05) is 19.8 Å². The van der Waals surface area contributed by atoms with Gasteiger partial charge < -0.3 is 5.32 Å². The van der Waals surface area contributed by atoms with Crippen LogP contribution in [0.5, 0.6) is 0 Å². The van der Waals surface area contributed by atoms with Crippen molar-refractivity contribution in [3.8, 4) is 0 Å². The molecule has 0 radical (unpaired) electrons. The van der Waals surface area contributed by atoms with E-state index in [-0.39, 0.29) is 6.04 Å². The van der Waals surface area contributed by atoms with Gasteiger partial charge in [0.05, 0.1) is 6.04 Å². The van der Waals surface area contributed by atoms with E-state index in [0.29, 0.717) is 10.0 Å². The van der Waals surface area contributed by atoms with Gasteiger partial charge >= 0.3 is 0 Å². The largest absolute Gasteiger partial charge is 0.309 e. The first kappa shape index (κ1) is 12.9. The van der Waals surface area contributed by atoms with Gasteiger partial charge in [0.25, 0.3) is 0 Å². The predicted octanol–water partition coefficient (Wildman–Crippen LogP) is 4.67. The van der Waals surface area contributed by atoms with E-state index in [1.807, 2.05) is 19.2 Å². The lowest BCUT2D eigenvalue weighted by Crippen LogP contribution is -2.16. The van der Waals surface area contributed by atoms with E-state index in [0.717, 1.165) is 5.56 Å². The van der Waals surface area contributed by atoms with Gasteiger partial charge in [0.2, 0.25) is 0 Å². The van der Waals surface area contributed by atoms with Gasteiger partial charge in [-0.25, -0.2) is 0 Å². The summed E-state index contributed by atoms with van der Waals surface area (Å²) in [4.78, 5) is 2.57. The van der Waals surface area contributed by atoms with Crippen molar-refractivity contribution in [1.82, 2.24) is 5.32 Å². The van der Waals surface area contributed by atoms with Gasteiger partial charge in [0.1, 0.15) is 0 Å². The summed E-state index contributed by atoms with van der Waals surface area (Å²) in [6, 6.07) is 10.0. The van der Waals surface area contributed by atoms with Crippen LogP contribution in [0.4, 0.5) is 0 Å². The molecule has 1 heterocycles. The molecule has 1 N–H and O–H groups in total. The number of thiophene rings is 1. The lowest BCUT2D eigenvalue weighted by atomic mass is 10.1. The third kappa shape index (κ3) is 3.02. The van der Waals surface area contributed by atoms with Crippen molar-refractivity contribution in [1.29, 1.82) is 0 Å². The lowest BCUT2D eigenvalue weighted by molar-refractivity contribution is 0.704. The molecule has 0 aliphatic heterocycles. The SMILES string of the molecule is CNC(c1cc(Cl)cc(Cl)c1)c1ccc(C)s1. The highest BCUT2D eigenvalue weighted by atomic mass is 35.5. The smallest absolute Gasteiger partial charge is 0.0669 e. The summed E-state index contributed by atoms with van der Waals surface area (Å²) in [5, 5.41) is 4.63. The topological polar surface area (TPSA) is 12.0 Å². The summed E-state index contributed by atoms with van der Waals surface area (Å²) in [5.41, 5.74) is 1.09. The van der Waals surface area contributed by atoms with Crippen LogP contribution < -0.4 is 5.32 Å². The van der Waals surface area contributed by atoms with E-state index in [1.54, 1.807) is 17.4 Å². The Kier molecular flexibility index (Phi) is 4.10. The monoisotopic (exact) mass is 285 g/mol.